The first kappa shape index (κ1) is 27.8. The molecule has 1 amide bonds. The highest BCUT2D eigenvalue weighted by Crippen LogP contribution is 2.66. The molecule has 15 nitrogen and oxygen atoms in total. The Morgan fingerprint density at radius 1 is 1.25 bits per heavy atom. The zero-order chi connectivity index (χ0) is 24.7. The van der Waals surface area contributed by atoms with Gasteiger partial charge in [0.15, 0.2) is 6.23 Å². The lowest BCUT2D eigenvalue weighted by Crippen LogP contribution is -2.47. The average molecular weight is 567 g/mol. The number of amides is 1. The summed E-state index contributed by atoms with van der Waals surface area (Å²) in [7, 11) is -17.0. The van der Waals surface area contributed by atoms with E-state index >= 15 is 0 Å². The highest BCUT2D eigenvalue weighted by Gasteiger charge is 2.57. The molecular formula is C11H16Cl2FN2O13P3. The van der Waals surface area contributed by atoms with Crippen LogP contribution in [0, 0.1) is 0 Å². The van der Waals surface area contributed by atoms with E-state index in [9.17, 15) is 32.9 Å². The number of phosphoric acid groups is 3. The summed E-state index contributed by atoms with van der Waals surface area (Å²) in [5.74, 6) is -3.22. The molecule has 1 saturated heterocycles. The third-order valence-electron chi connectivity index (χ3n) is 3.90. The van der Waals surface area contributed by atoms with Crippen molar-refractivity contribution in [3.63, 3.8) is 0 Å². The van der Waals surface area contributed by atoms with Crippen LogP contribution in [0.4, 0.5) is 4.39 Å². The molecule has 2 aliphatic heterocycles. The van der Waals surface area contributed by atoms with Gasteiger partial charge in [-0.2, -0.15) is 13.0 Å². The lowest BCUT2D eigenvalue weighted by molar-refractivity contribution is -0.127. The summed E-state index contributed by atoms with van der Waals surface area (Å²) in [4.78, 5) is 48.0. The normalized spacial score (nSPS) is 32.8. The number of rotatable bonds is 9. The molecule has 2 unspecified atom stereocenters. The zero-order valence-corrected chi connectivity index (χ0v) is 19.6. The van der Waals surface area contributed by atoms with E-state index in [0.717, 1.165) is 4.90 Å². The van der Waals surface area contributed by atoms with Gasteiger partial charge in [-0.1, -0.05) is 6.58 Å². The van der Waals surface area contributed by atoms with E-state index in [-0.39, 0.29) is 5.82 Å². The van der Waals surface area contributed by atoms with Crippen LogP contribution in [0.2, 0.25) is 0 Å². The fourth-order valence-corrected chi connectivity index (χ4v) is 6.31. The molecule has 2 heterocycles. The smallest absolute Gasteiger partial charge is 0.388 e. The monoisotopic (exact) mass is 566 g/mol. The molecule has 0 aromatic carbocycles. The van der Waals surface area contributed by atoms with E-state index in [1.54, 1.807) is 0 Å². The van der Waals surface area contributed by atoms with Gasteiger partial charge in [0.25, 0.3) is 5.91 Å². The Hall–Kier alpha value is -0.410. The summed E-state index contributed by atoms with van der Waals surface area (Å²) in [5, 5.41) is 11.1. The second-order valence-electron chi connectivity index (χ2n) is 6.25. The van der Waals surface area contributed by atoms with Crippen LogP contribution in [0.25, 0.3) is 0 Å². The van der Waals surface area contributed by atoms with Crippen LogP contribution >= 0.6 is 46.7 Å². The molecule has 0 radical (unpaired) electrons. The maximum atomic E-state index is 13.7. The van der Waals surface area contributed by atoms with Crippen molar-refractivity contribution in [3.05, 3.63) is 24.4 Å². The fraction of sp³-hybridized carbons (Fsp3) is 0.545. The lowest BCUT2D eigenvalue weighted by Gasteiger charge is -2.34. The molecule has 6 N–H and O–H groups in total. The minimum absolute atomic E-state index is 0.197. The van der Waals surface area contributed by atoms with E-state index in [2.05, 4.69) is 25.0 Å². The molecule has 2 rings (SSSR count). The Bertz CT molecular complexity index is 961. The van der Waals surface area contributed by atoms with E-state index < -0.39 is 71.0 Å². The number of hydrogen-bond donors (Lipinski definition) is 6. The number of ether oxygens (including phenoxy) is 1. The van der Waals surface area contributed by atoms with Gasteiger partial charge in [-0.25, -0.2) is 13.7 Å². The van der Waals surface area contributed by atoms with E-state index in [1.165, 1.54) is 0 Å². The van der Waals surface area contributed by atoms with Crippen LogP contribution in [0.15, 0.2) is 24.4 Å². The third-order valence-corrected chi connectivity index (χ3v) is 8.58. The Morgan fingerprint density at radius 2 is 1.84 bits per heavy atom. The van der Waals surface area contributed by atoms with Crippen LogP contribution < -0.4 is 5.32 Å². The highest BCUT2D eigenvalue weighted by atomic mass is 35.5. The van der Waals surface area contributed by atoms with Gasteiger partial charge in [0.05, 0.1) is 12.5 Å². The van der Waals surface area contributed by atoms with Gasteiger partial charge in [-0.05, 0) is 0 Å². The maximum Gasteiger partial charge on any atom is 0.490 e. The predicted octanol–water partition coefficient (Wildman–Crippen LogP) is 0.346. The second-order valence-corrected chi connectivity index (χ2v) is 11.4. The Morgan fingerprint density at radius 3 is 2.38 bits per heavy atom. The third kappa shape index (κ3) is 6.59. The number of phosphoric ester groups is 1. The second kappa shape index (κ2) is 9.68. The number of carbonyl (C=O) groups is 1. The molecule has 0 saturated carbocycles. The van der Waals surface area contributed by atoms with Crippen molar-refractivity contribution in [1.82, 2.24) is 10.2 Å². The van der Waals surface area contributed by atoms with E-state index in [0.29, 0.717) is 6.20 Å². The Labute approximate surface area is 188 Å². The number of alkyl halides is 2. The standard InChI is InChI=1S/C11H16Cl2FN2O13P3/c1-5-15-9(18)6(14)2-16(5)10-7(13)8(17)11(3-12,27-10)4-26-31(22,23)29-32(24,25)28-30(19,20)21/h2,7-8,10,17H,1,3-4H2,(H,15,18)(H,22,23)(H,24,25)(H2,19,20,21)/t7-,8+,10-,11-/m1/s1. The van der Waals surface area contributed by atoms with Crippen LogP contribution in [-0.2, 0) is 36.4 Å². The van der Waals surface area contributed by atoms with Gasteiger partial charge in [0.2, 0.25) is 5.83 Å². The van der Waals surface area contributed by atoms with Crippen molar-refractivity contribution >= 4 is 52.6 Å². The topological polar surface area (TPSA) is 222 Å². The van der Waals surface area contributed by atoms with Crippen LogP contribution in [0.5, 0.6) is 0 Å². The summed E-state index contributed by atoms with van der Waals surface area (Å²) in [5.41, 5.74) is -2.09. The molecule has 0 aliphatic carbocycles. The molecule has 32 heavy (non-hydrogen) atoms. The van der Waals surface area contributed by atoms with Crippen molar-refractivity contribution in [2.75, 3.05) is 12.5 Å². The van der Waals surface area contributed by atoms with Gasteiger partial charge in [0.1, 0.15) is 22.9 Å². The molecule has 6 atom stereocenters. The van der Waals surface area contributed by atoms with Gasteiger partial charge in [0, 0.05) is 6.20 Å². The minimum Gasteiger partial charge on any atom is -0.388 e. The summed E-state index contributed by atoms with van der Waals surface area (Å²) in [6.45, 7) is 2.35. The molecule has 0 bridgehead atoms. The summed E-state index contributed by atoms with van der Waals surface area (Å²) in [6, 6.07) is 0. The number of nitrogens with one attached hydrogen (secondary N) is 1. The van der Waals surface area contributed by atoms with Crippen LogP contribution in [-0.4, -0.2) is 71.3 Å². The van der Waals surface area contributed by atoms with Crippen LogP contribution in [0.1, 0.15) is 0 Å². The molecule has 0 aromatic rings. The van der Waals surface area contributed by atoms with Crippen molar-refractivity contribution in [1.29, 1.82) is 0 Å². The predicted molar refractivity (Wildman–Crippen MR) is 102 cm³/mol. The van der Waals surface area contributed by atoms with E-state index in [4.69, 9.17) is 42.6 Å². The first-order valence-electron chi connectivity index (χ1n) is 7.92. The van der Waals surface area contributed by atoms with E-state index in [1.807, 2.05) is 0 Å². The first-order valence-corrected chi connectivity index (χ1v) is 13.4. The largest absolute Gasteiger partial charge is 0.490 e. The summed E-state index contributed by atoms with van der Waals surface area (Å²) < 4.78 is 64.8. The number of hydrogen-bond acceptors (Lipinski definition) is 10. The Kier molecular flexibility index (Phi) is 8.42. The molecule has 1 fully saturated rings. The average Bonchev–Trinajstić information content (AvgIpc) is 2.85. The molecule has 2 aliphatic rings. The molecule has 21 heteroatoms. The van der Waals surface area contributed by atoms with Gasteiger partial charge in [-0.15, -0.1) is 23.2 Å². The van der Waals surface area contributed by atoms with Crippen molar-refractivity contribution < 1.29 is 65.4 Å². The lowest BCUT2D eigenvalue weighted by atomic mass is 10.00. The first-order chi connectivity index (χ1) is 14.4. The zero-order valence-electron chi connectivity index (χ0n) is 15.4. The number of halogens is 3. The maximum absolute atomic E-state index is 13.7. The number of aliphatic hydroxyl groups excluding tert-OH is 1. The highest BCUT2D eigenvalue weighted by molar-refractivity contribution is 7.66. The summed E-state index contributed by atoms with van der Waals surface area (Å²) in [6.07, 6.45) is -2.53. The molecular weight excluding hydrogens is 551 g/mol. The van der Waals surface area contributed by atoms with Crippen LogP contribution in [0.3, 0.4) is 0 Å². The number of aliphatic hydroxyl groups is 1. The van der Waals surface area contributed by atoms with Gasteiger partial charge < -0.3 is 39.6 Å². The SMILES string of the molecule is C=C1NC(=O)C(F)=CN1[C@@H]1O[C@](CCl)(COP(=O)(O)OP(=O)(O)OP(=O)(O)O)[C@@H](O)[C@H]1Cl. The van der Waals surface area contributed by atoms with Crippen molar-refractivity contribution in [2.24, 2.45) is 0 Å². The van der Waals surface area contributed by atoms with Crippen molar-refractivity contribution in [3.8, 4) is 0 Å². The van der Waals surface area contributed by atoms with Crippen molar-refractivity contribution in [2.45, 2.75) is 23.3 Å². The Balaban J connectivity index is 2.18. The number of carbonyl (C=O) groups excluding carboxylic acids is 1. The fourth-order valence-electron chi connectivity index (χ4n) is 2.54. The quantitative estimate of drug-likeness (QED) is 0.164. The van der Waals surface area contributed by atoms with Gasteiger partial charge in [-0.3, -0.25) is 9.32 Å². The number of nitrogens with zero attached hydrogens (tertiary/aromatic N) is 1. The van der Waals surface area contributed by atoms with Gasteiger partial charge >= 0.3 is 23.5 Å². The summed E-state index contributed by atoms with van der Waals surface area (Å²) >= 11 is 11.9. The minimum atomic E-state index is -5.78. The molecule has 0 aromatic heterocycles. The molecule has 0 spiro atoms. The molecule has 184 valence electrons.